The van der Waals surface area contributed by atoms with Crippen molar-refractivity contribution in [2.24, 2.45) is 0 Å². The molecule has 4 heteroatoms. The number of nitrogens with zero attached hydrogens (tertiary/aromatic N) is 4. The van der Waals surface area contributed by atoms with Gasteiger partial charge in [0.1, 0.15) is 0 Å². The molecule has 0 atom stereocenters. The molecule has 0 fully saturated rings. The lowest BCUT2D eigenvalue weighted by molar-refractivity contribution is 1.18. The molecule has 0 radical (unpaired) electrons. The molecule has 0 saturated carbocycles. The number of aromatic nitrogens is 4. The van der Waals surface area contributed by atoms with Gasteiger partial charge in [-0.3, -0.25) is 0 Å². The Labute approximate surface area is 692 Å². The summed E-state index contributed by atoms with van der Waals surface area (Å²) in [4.78, 5) is 0. The minimum Gasteiger partial charge on any atom is -0.309 e. The highest BCUT2D eigenvalue weighted by Gasteiger charge is 2.33. The van der Waals surface area contributed by atoms with E-state index in [0.717, 1.165) is 28.3 Å². The third kappa shape index (κ3) is 9.76. The lowest BCUT2D eigenvalue weighted by Gasteiger charge is -2.21. The van der Waals surface area contributed by atoms with E-state index in [2.05, 4.69) is 443 Å². The first-order valence-electron chi connectivity index (χ1n) is 41.6. The van der Waals surface area contributed by atoms with Gasteiger partial charge in [-0.05, 0) is 265 Å². The van der Waals surface area contributed by atoms with E-state index in [-0.39, 0.29) is 0 Å². The summed E-state index contributed by atoms with van der Waals surface area (Å²) in [5, 5.41) is 15.0. The van der Waals surface area contributed by atoms with Gasteiger partial charge in [0, 0.05) is 65.8 Å². The molecular weight excluding hydrogens is 1450 g/mol. The van der Waals surface area contributed by atoms with Crippen LogP contribution in [0.2, 0.25) is 0 Å². The van der Waals surface area contributed by atoms with Gasteiger partial charge in [-0.15, -0.1) is 0 Å². The van der Waals surface area contributed by atoms with Crippen molar-refractivity contribution in [3.8, 4) is 145 Å². The van der Waals surface area contributed by atoms with Crippen molar-refractivity contribution in [3.05, 3.63) is 425 Å². The molecule has 0 unspecified atom stereocenters. The summed E-state index contributed by atoms with van der Waals surface area (Å²) in [5.74, 6) is 0. The van der Waals surface area contributed by atoms with Crippen molar-refractivity contribution in [2.75, 3.05) is 0 Å². The second-order valence-electron chi connectivity index (χ2n) is 32.5. The molecule has 0 aliphatic heterocycles. The predicted molar refractivity (Wildman–Crippen MR) is 506 cm³/mol. The molecule has 0 spiro atoms. The molecule has 120 heavy (non-hydrogen) atoms. The van der Waals surface area contributed by atoms with Gasteiger partial charge in [-0.2, -0.15) is 0 Å². The summed E-state index contributed by atoms with van der Waals surface area (Å²) in [5.41, 5.74) is 41.0. The first-order chi connectivity index (χ1) is 59.5. The van der Waals surface area contributed by atoms with Crippen LogP contribution in [0.25, 0.3) is 254 Å². The van der Waals surface area contributed by atoms with Crippen LogP contribution in [0.3, 0.4) is 0 Å². The zero-order valence-corrected chi connectivity index (χ0v) is 65.2. The quantitative estimate of drug-likeness (QED) is 0.123. The van der Waals surface area contributed by atoms with Crippen molar-refractivity contribution in [2.45, 2.75) is 0 Å². The summed E-state index contributed by atoms with van der Waals surface area (Å²) in [6.45, 7) is 0. The average Bonchev–Trinajstić information content (AvgIpc) is 1.53. The van der Waals surface area contributed by atoms with Crippen LogP contribution in [0, 0.1) is 0 Å². The Bertz CT molecular complexity index is 8450. The highest BCUT2D eigenvalue weighted by Crippen LogP contribution is 2.59. The maximum Gasteiger partial charge on any atom is 0.0547 e. The number of benzene rings is 20. The van der Waals surface area contributed by atoms with E-state index >= 15 is 0 Å². The first kappa shape index (κ1) is 66.4. The fraction of sp³-hybridized carbons (Fsp3) is 0. The van der Waals surface area contributed by atoms with Gasteiger partial charge in [0.25, 0.3) is 0 Å². The monoisotopic (exact) mass is 1520 g/mol. The molecule has 0 N–H and O–H groups in total. The minimum absolute atomic E-state index is 1.11. The normalized spacial score (nSPS) is 12.2. The fourth-order valence-corrected chi connectivity index (χ4v) is 21.0. The summed E-state index contributed by atoms with van der Waals surface area (Å²) in [6, 6.07) is 159. The molecule has 24 aromatic rings. The molecule has 0 amide bonds. The Balaban J connectivity index is 0.555. The van der Waals surface area contributed by atoms with Gasteiger partial charge in [-0.25, -0.2) is 0 Å². The molecule has 554 valence electrons. The summed E-state index contributed by atoms with van der Waals surface area (Å²) in [6.07, 6.45) is 0. The average molecular weight is 1520 g/mol. The fourth-order valence-electron chi connectivity index (χ4n) is 21.0. The largest absolute Gasteiger partial charge is 0.309 e. The van der Waals surface area contributed by atoms with Gasteiger partial charge in [-0.1, -0.05) is 303 Å². The molecule has 2 aliphatic carbocycles. The Morgan fingerprint density at radius 1 is 0.117 bits per heavy atom. The predicted octanol–water partition coefficient (Wildman–Crippen LogP) is 31.3. The van der Waals surface area contributed by atoms with Crippen LogP contribution in [0.4, 0.5) is 0 Å². The van der Waals surface area contributed by atoms with Crippen LogP contribution >= 0.6 is 0 Å². The highest BCUT2D eigenvalue weighted by atomic mass is 15.0. The molecule has 4 nitrogen and oxygen atoms in total. The third-order valence-corrected chi connectivity index (χ3v) is 26.3. The lowest BCUT2D eigenvalue weighted by atomic mass is 9.82. The van der Waals surface area contributed by atoms with Crippen molar-refractivity contribution >= 4 is 109 Å². The standard InChI is InChI=1S/C116H70N4/c1-4-23-71(24-5-1)100-70-99(73-47-55-81(56-48-73)118-106-43-18-14-35-90(106)102-67-76(51-63-109(102)118)75-50-62-108-101(66-75)89-34-13-17-42-105(89)117(108)80-28-8-3-9-29-80)112(74-25-6-2-7-26-74)116-97-40-22-38-93-84(59-61-98(114(93)97)115(100)116)72-45-53-82(54-46-72)119-104-41-16-12-33-88(104)92-57-49-78(69-111(92)119)77-52-64-110-103(68-77)91-36-15-19-44-107(91)120(110)83-30-20-27-79(65-83)85-58-60-96-87-32-11-10-31-86(87)95-39-21-37-94(85)113(95)96/h1-70H. The molecule has 4 heterocycles. The molecule has 0 saturated heterocycles. The Hall–Kier alpha value is -15.9. The summed E-state index contributed by atoms with van der Waals surface area (Å²) >= 11 is 0. The number of hydrogen-bond acceptors (Lipinski definition) is 0. The van der Waals surface area contributed by atoms with Gasteiger partial charge < -0.3 is 18.3 Å². The van der Waals surface area contributed by atoms with Gasteiger partial charge in [0.15, 0.2) is 0 Å². The maximum absolute atomic E-state index is 2.49. The van der Waals surface area contributed by atoms with E-state index in [1.165, 1.54) is 226 Å². The second kappa shape index (κ2) is 25.8. The molecular formula is C116H70N4. The highest BCUT2D eigenvalue weighted by molar-refractivity contribution is 6.26. The van der Waals surface area contributed by atoms with Crippen LogP contribution in [0.15, 0.2) is 425 Å². The molecule has 26 rings (SSSR count). The van der Waals surface area contributed by atoms with E-state index in [1.807, 2.05) is 0 Å². The molecule has 4 aromatic heterocycles. The first-order valence-corrected chi connectivity index (χ1v) is 41.6. The minimum atomic E-state index is 1.11. The van der Waals surface area contributed by atoms with Crippen LogP contribution in [-0.2, 0) is 0 Å². The van der Waals surface area contributed by atoms with Crippen molar-refractivity contribution < 1.29 is 0 Å². The van der Waals surface area contributed by atoms with E-state index in [0.29, 0.717) is 0 Å². The second-order valence-corrected chi connectivity index (χ2v) is 32.5. The van der Waals surface area contributed by atoms with Crippen LogP contribution in [0.5, 0.6) is 0 Å². The number of fused-ring (bicyclic) bond motifs is 18. The van der Waals surface area contributed by atoms with Crippen molar-refractivity contribution in [1.82, 2.24) is 18.3 Å². The van der Waals surface area contributed by atoms with E-state index in [4.69, 9.17) is 0 Å². The third-order valence-electron chi connectivity index (χ3n) is 26.3. The van der Waals surface area contributed by atoms with Crippen molar-refractivity contribution in [1.29, 1.82) is 0 Å². The lowest BCUT2D eigenvalue weighted by Crippen LogP contribution is -1.96. The van der Waals surface area contributed by atoms with E-state index in [9.17, 15) is 0 Å². The Morgan fingerprint density at radius 3 is 0.992 bits per heavy atom. The zero-order valence-electron chi connectivity index (χ0n) is 65.2. The number of rotatable bonds is 11. The number of hydrogen-bond donors (Lipinski definition) is 0. The Morgan fingerprint density at radius 2 is 0.433 bits per heavy atom. The van der Waals surface area contributed by atoms with Crippen LogP contribution in [-0.4, -0.2) is 18.3 Å². The Kier molecular flexibility index (Phi) is 14.3. The topological polar surface area (TPSA) is 19.7 Å². The smallest absolute Gasteiger partial charge is 0.0547 e. The van der Waals surface area contributed by atoms with Crippen LogP contribution < -0.4 is 0 Å². The van der Waals surface area contributed by atoms with Crippen molar-refractivity contribution in [3.63, 3.8) is 0 Å². The summed E-state index contributed by atoms with van der Waals surface area (Å²) in [7, 11) is 0. The molecule has 20 aromatic carbocycles. The van der Waals surface area contributed by atoms with Crippen LogP contribution in [0.1, 0.15) is 0 Å². The van der Waals surface area contributed by atoms with Gasteiger partial charge in [0.05, 0.1) is 44.1 Å². The molecule has 2 aliphatic rings. The van der Waals surface area contributed by atoms with Gasteiger partial charge >= 0.3 is 0 Å². The molecule has 0 bridgehead atoms. The zero-order chi connectivity index (χ0) is 78.4. The van der Waals surface area contributed by atoms with E-state index < -0.39 is 0 Å². The SMILES string of the molecule is c1ccc(-c2cc(-c3ccc(-n4c5ccccc5c5cc(-c6ccc7c(c6)c6ccccc6n7-c6ccccc6)ccc54)cc3)c(-c3ccccc3)c3c2-c2ccc(-c4ccc(-n5c6ccccc6c6ccc(-c7ccc8c(c7)c7ccccc7n8-c7cccc(-c8ccc9c%10c(cccc8%10)-c8ccccc8-9)c7)cc65)cc4)c4cccc-3c24)cc1. The van der Waals surface area contributed by atoms with E-state index in [1.54, 1.807) is 0 Å². The summed E-state index contributed by atoms with van der Waals surface area (Å²) < 4.78 is 9.76. The maximum atomic E-state index is 2.49. The van der Waals surface area contributed by atoms with Gasteiger partial charge in [0.2, 0.25) is 0 Å². The number of para-hydroxylation sites is 5.